The molecule has 0 spiro atoms. The average Bonchev–Trinajstić information content (AvgIpc) is 2.90. The lowest BCUT2D eigenvalue weighted by molar-refractivity contribution is -0.121. The molecule has 0 radical (unpaired) electrons. The molecule has 1 N–H and O–H groups in total. The van der Waals surface area contributed by atoms with Gasteiger partial charge in [0, 0.05) is 7.05 Å². The van der Waals surface area contributed by atoms with E-state index in [-0.39, 0.29) is 12.5 Å². The number of benzene rings is 1. The molecule has 1 aromatic heterocycles. The Hall–Kier alpha value is -2.81. The Bertz CT molecular complexity index is 808. The third kappa shape index (κ3) is 3.82. The molecule has 2 aromatic rings. The zero-order valence-corrected chi connectivity index (χ0v) is 15.4. The van der Waals surface area contributed by atoms with Crippen molar-refractivity contribution in [3.8, 4) is 17.6 Å². The average molecular weight is 340 g/mol. The van der Waals surface area contributed by atoms with E-state index in [1.165, 1.54) is 0 Å². The van der Waals surface area contributed by atoms with Crippen molar-refractivity contribution < 1.29 is 9.53 Å². The molecule has 0 aliphatic rings. The second kappa shape index (κ2) is 7.84. The van der Waals surface area contributed by atoms with Gasteiger partial charge >= 0.3 is 0 Å². The number of rotatable bonds is 6. The molecule has 0 unspecified atom stereocenters. The Morgan fingerprint density at radius 3 is 2.40 bits per heavy atom. The molecule has 0 atom stereocenters. The van der Waals surface area contributed by atoms with E-state index in [1.807, 2.05) is 39.8 Å². The van der Waals surface area contributed by atoms with Crippen molar-refractivity contribution in [3.05, 3.63) is 40.2 Å². The number of aromatic nitrogens is 2. The summed E-state index contributed by atoms with van der Waals surface area (Å²) < 4.78 is 7.86. The number of amides is 1. The summed E-state index contributed by atoms with van der Waals surface area (Å²) in [6.07, 6.45) is 1.41. The van der Waals surface area contributed by atoms with Crippen LogP contribution in [0.1, 0.15) is 41.9 Å². The number of nitrogens with one attached hydrogen (secondary N) is 1. The lowest BCUT2D eigenvalue weighted by Crippen LogP contribution is -2.25. The van der Waals surface area contributed by atoms with Gasteiger partial charge in [-0.25, -0.2) is 0 Å². The molecule has 6 nitrogen and oxygen atoms in total. The van der Waals surface area contributed by atoms with Gasteiger partial charge in [-0.15, -0.1) is 0 Å². The van der Waals surface area contributed by atoms with Gasteiger partial charge < -0.3 is 10.1 Å². The molecule has 1 aromatic carbocycles. The van der Waals surface area contributed by atoms with Gasteiger partial charge in [0.25, 0.3) is 0 Å². The Balaban J connectivity index is 2.45. The molecule has 1 amide bonds. The van der Waals surface area contributed by atoms with Crippen LogP contribution in [-0.2, 0) is 24.2 Å². The summed E-state index contributed by atoms with van der Waals surface area (Å²) >= 11 is 0. The number of likely N-dealkylation sites (N-methyl/N-ethyl adjacent to an activating group) is 1. The van der Waals surface area contributed by atoms with Crippen LogP contribution in [-0.4, -0.2) is 22.7 Å². The van der Waals surface area contributed by atoms with E-state index in [1.54, 1.807) is 11.7 Å². The minimum Gasteiger partial charge on any atom is -0.453 e. The van der Waals surface area contributed by atoms with Crippen LogP contribution in [0.2, 0.25) is 0 Å². The van der Waals surface area contributed by atoms with Crippen molar-refractivity contribution in [2.45, 2.75) is 47.1 Å². The van der Waals surface area contributed by atoms with Crippen molar-refractivity contribution in [1.82, 2.24) is 15.1 Å². The smallest absolute Gasteiger partial charge is 0.241 e. The molecule has 1 heterocycles. The molecule has 6 heteroatoms. The minimum atomic E-state index is -0.100. The van der Waals surface area contributed by atoms with Crippen molar-refractivity contribution in [1.29, 1.82) is 5.26 Å². The zero-order chi connectivity index (χ0) is 18.6. The van der Waals surface area contributed by atoms with Crippen LogP contribution in [0.4, 0.5) is 0 Å². The van der Waals surface area contributed by atoms with Gasteiger partial charge in [-0.2, -0.15) is 10.4 Å². The molecule has 2 rings (SSSR count). The highest BCUT2D eigenvalue weighted by Crippen LogP contribution is 2.32. The summed E-state index contributed by atoms with van der Waals surface area (Å²) in [5.41, 5.74) is 4.15. The van der Waals surface area contributed by atoms with E-state index in [2.05, 4.69) is 16.5 Å². The molecule has 0 saturated heterocycles. The van der Waals surface area contributed by atoms with Crippen molar-refractivity contribution in [3.63, 3.8) is 0 Å². The Morgan fingerprint density at radius 2 is 1.92 bits per heavy atom. The molecule has 0 aliphatic heterocycles. The SMILES string of the molecule is CCc1nn(CC(=O)NC)c(CC)c1Oc1cc(C)c(C#N)c(C)c1. The maximum atomic E-state index is 11.7. The molecule has 0 fully saturated rings. The highest BCUT2D eigenvalue weighted by molar-refractivity contribution is 5.75. The van der Waals surface area contributed by atoms with Crippen LogP contribution in [0.5, 0.6) is 11.5 Å². The first-order valence-corrected chi connectivity index (χ1v) is 8.43. The fourth-order valence-corrected chi connectivity index (χ4v) is 2.85. The van der Waals surface area contributed by atoms with Crippen LogP contribution >= 0.6 is 0 Å². The van der Waals surface area contributed by atoms with E-state index in [4.69, 9.17) is 4.74 Å². The minimum absolute atomic E-state index is 0.100. The van der Waals surface area contributed by atoms with E-state index in [0.29, 0.717) is 29.9 Å². The van der Waals surface area contributed by atoms with Gasteiger partial charge in [-0.05, 0) is 49.9 Å². The number of carbonyl (C=O) groups excluding carboxylic acids is 1. The first-order chi connectivity index (χ1) is 11.9. The largest absolute Gasteiger partial charge is 0.453 e. The number of hydrogen-bond donors (Lipinski definition) is 1. The second-order valence-corrected chi connectivity index (χ2v) is 5.91. The number of hydrogen-bond acceptors (Lipinski definition) is 4. The fourth-order valence-electron chi connectivity index (χ4n) is 2.85. The van der Waals surface area contributed by atoms with Crippen LogP contribution in [0.25, 0.3) is 0 Å². The van der Waals surface area contributed by atoms with Crippen molar-refractivity contribution >= 4 is 5.91 Å². The Morgan fingerprint density at radius 1 is 1.28 bits per heavy atom. The third-order valence-electron chi connectivity index (χ3n) is 4.16. The Labute approximate surface area is 148 Å². The van der Waals surface area contributed by atoms with Crippen molar-refractivity contribution in [2.24, 2.45) is 0 Å². The van der Waals surface area contributed by atoms with E-state index in [0.717, 1.165) is 22.5 Å². The number of aryl methyl sites for hydroxylation is 3. The summed E-state index contributed by atoms with van der Waals surface area (Å²) in [6.45, 7) is 7.98. The summed E-state index contributed by atoms with van der Waals surface area (Å²) in [4.78, 5) is 11.7. The summed E-state index contributed by atoms with van der Waals surface area (Å²) in [5, 5.41) is 16.4. The lowest BCUT2D eigenvalue weighted by atomic mass is 10.0. The highest BCUT2D eigenvalue weighted by atomic mass is 16.5. The topological polar surface area (TPSA) is 79.9 Å². The molecule has 0 aliphatic carbocycles. The first kappa shape index (κ1) is 18.5. The molecular weight excluding hydrogens is 316 g/mol. The van der Waals surface area contributed by atoms with E-state index < -0.39 is 0 Å². The van der Waals surface area contributed by atoms with Gasteiger partial charge in [0.2, 0.25) is 5.91 Å². The van der Waals surface area contributed by atoms with Crippen LogP contribution < -0.4 is 10.1 Å². The normalized spacial score (nSPS) is 10.4. The monoisotopic (exact) mass is 340 g/mol. The standard InChI is InChI=1S/C19H24N4O2/c1-6-16-19(17(7-2)23(22-16)11-18(24)21-5)25-14-8-12(3)15(10-20)13(4)9-14/h8-9H,6-7,11H2,1-5H3,(H,21,24). The van der Waals surface area contributed by atoms with Crippen LogP contribution in [0.15, 0.2) is 12.1 Å². The highest BCUT2D eigenvalue weighted by Gasteiger charge is 2.19. The van der Waals surface area contributed by atoms with Crippen molar-refractivity contribution in [2.75, 3.05) is 7.05 Å². The molecule has 0 bridgehead atoms. The zero-order valence-electron chi connectivity index (χ0n) is 15.4. The number of ether oxygens (including phenoxy) is 1. The molecular formula is C19H24N4O2. The second-order valence-electron chi connectivity index (χ2n) is 5.91. The van der Waals surface area contributed by atoms with Crippen LogP contribution in [0.3, 0.4) is 0 Å². The van der Waals surface area contributed by atoms with Gasteiger partial charge in [-0.1, -0.05) is 13.8 Å². The lowest BCUT2D eigenvalue weighted by Gasteiger charge is -2.11. The summed E-state index contributed by atoms with van der Waals surface area (Å²) in [5.74, 6) is 1.28. The summed E-state index contributed by atoms with van der Waals surface area (Å²) in [6, 6.07) is 5.94. The molecule has 132 valence electrons. The molecule has 0 saturated carbocycles. The quantitative estimate of drug-likeness (QED) is 0.876. The van der Waals surface area contributed by atoms with Gasteiger partial charge in [-0.3, -0.25) is 9.48 Å². The first-order valence-electron chi connectivity index (χ1n) is 8.43. The van der Waals surface area contributed by atoms with Crippen LogP contribution in [0, 0.1) is 25.2 Å². The third-order valence-corrected chi connectivity index (χ3v) is 4.16. The fraction of sp³-hybridized carbons (Fsp3) is 0.421. The maximum absolute atomic E-state index is 11.7. The maximum Gasteiger partial charge on any atom is 0.241 e. The number of carbonyl (C=O) groups is 1. The molecule has 25 heavy (non-hydrogen) atoms. The van der Waals surface area contributed by atoms with E-state index >= 15 is 0 Å². The van der Waals surface area contributed by atoms with Gasteiger partial charge in [0.15, 0.2) is 5.75 Å². The summed E-state index contributed by atoms with van der Waals surface area (Å²) in [7, 11) is 1.61. The predicted molar refractivity (Wildman–Crippen MR) is 95.8 cm³/mol. The van der Waals surface area contributed by atoms with Gasteiger partial charge in [0.05, 0.1) is 17.3 Å². The number of nitriles is 1. The Kier molecular flexibility index (Phi) is 5.81. The van der Waals surface area contributed by atoms with Gasteiger partial charge in [0.1, 0.15) is 18.0 Å². The predicted octanol–water partition coefficient (Wildman–Crippen LogP) is 3.03. The number of nitrogens with zero attached hydrogens (tertiary/aromatic N) is 3. The van der Waals surface area contributed by atoms with E-state index in [9.17, 15) is 10.1 Å².